The highest BCUT2D eigenvalue weighted by atomic mass is 15.1. The van der Waals surface area contributed by atoms with E-state index in [-0.39, 0.29) is 0 Å². The Hall–Kier alpha value is -2.13. The summed E-state index contributed by atoms with van der Waals surface area (Å²) < 4.78 is 0. The number of hydrogen-bond acceptors (Lipinski definition) is 2. The van der Waals surface area contributed by atoms with Gasteiger partial charge in [0.05, 0.1) is 17.4 Å². The Morgan fingerprint density at radius 3 is 2.82 bits per heavy atom. The average molecular weight is 293 g/mol. The molecule has 0 aliphatic carbocycles. The first-order valence-corrected chi connectivity index (χ1v) is 7.97. The van der Waals surface area contributed by atoms with Crippen LogP contribution in [0.3, 0.4) is 0 Å². The fourth-order valence-corrected chi connectivity index (χ4v) is 2.78. The third kappa shape index (κ3) is 3.37. The van der Waals surface area contributed by atoms with Gasteiger partial charge in [0, 0.05) is 6.54 Å². The summed E-state index contributed by atoms with van der Waals surface area (Å²) in [6.45, 7) is 4.39. The van der Waals surface area contributed by atoms with Gasteiger partial charge in [-0.1, -0.05) is 37.6 Å². The Morgan fingerprint density at radius 2 is 1.95 bits per heavy atom. The van der Waals surface area contributed by atoms with E-state index in [0.29, 0.717) is 0 Å². The number of fused-ring (bicyclic) bond motifs is 1. The zero-order valence-corrected chi connectivity index (χ0v) is 13.3. The topological polar surface area (TPSA) is 31.9 Å². The summed E-state index contributed by atoms with van der Waals surface area (Å²) in [7, 11) is 2.19. The number of hydrogen-bond donors (Lipinski definition) is 1. The van der Waals surface area contributed by atoms with Crippen molar-refractivity contribution in [3.8, 4) is 11.1 Å². The molecule has 0 amide bonds. The molecule has 0 aliphatic rings. The van der Waals surface area contributed by atoms with Gasteiger partial charge in [0.25, 0.3) is 0 Å². The molecule has 1 aromatic heterocycles. The average Bonchev–Trinajstić information content (AvgIpc) is 3.00. The predicted octanol–water partition coefficient (Wildman–Crippen LogP) is 4.46. The maximum Gasteiger partial charge on any atom is 0.0931 e. The van der Waals surface area contributed by atoms with E-state index in [1.54, 1.807) is 6.33 Å². The summed E-state index contributed by atoms with van der Waals surface area (Å²) in [5, 5.41) is 0. The van der Waals surface area contributed by atoms with Crippen molar-refractivity contribution in [3.05, 3.63) is 54.4 Å². The highest BCUT2D eigenvalue weighted by Crippen LogP contribution is 2.24. The number of benzene rings is 2. The van der Waals surface area contributed by atoms with Gasteiger partial charge in [0.15, 0.2) is 0 Å². The van der Waals surface area contributed by atoms with Crippen LogP contribution in [0.25, 0.3) is 22.2 Å². The lowest BCUT2D eigenvalue weighted by molar-refractivity contribution is 0.321. The number of rotatable bonds is 6. The molecule has 3 rings (SSSR count). The van der Waals surface area contributed by atoms with Crippen LogP contribution in [0.4, 0.5) is 0 Å². The molecule has 1 N–H and O–H groups in total. The third-order valence-electron chi connectivity index (χ3n) is 4.03. The summed E-state index contributed by atoms with van der Waals surface area (Å²) in [6.07, 6.45) is 4.24. The summed E-state index contributed by atoms with van der Waals surface area (Å²) >= 11 is 0. The minimum absolute atomic E-state index is 1.00. The molecule has 3 heteroatoms. The smallest absolute Gasteiger partial charge is 0.0931 e. The number of nitrogens with one attached hydrogen (secondary N) is 1. The lowest BCUT2D eigenvalue weighted by Gasteiger charge is -2.16. The first-order chi connectivity index (χ1) is 10.8. The van der Waals surface area contributed by atoms with Gasteiger partial charge in [-0.25, -0.2) is 4.98 Å². The van der Waals surface area contributed by atoms with E-state index in [1.165, 1.54) is 29.5 Å². The summed E-state index contributed by atoms with van der Waals surface area (Å²) in [5.41, 5.74) is 5.95. The molecule has 1 heterocycles. The third-order valence-corrected chi connectivity index (χ3v) is 4.03. The van der Waals surface area contributed by atoms with Gasteiger partial charge in [-0.2, -0.15) is 0 Å². The van der Waals surface area contributed by atoms with Crippen molar-refractivity contribution in [2.24, 2.45) is 0 Å². The number of aromatic nitrogens is 2. The largest absolute Gasteiger partial charge is 0.345 e. The summed E-state index contributed by atoms with van der Waals surface area (Å²) in [6, 6.07) is 15.2. The summed E-state index contributed by atoms with van der Waals surface area (Å²) in [4.78, 5) is 9.85. The van der Waals surface area contributed by atoms with Crippen LogP contribution in [0.2, 0.25) is 0 Å². The van der Waals surface area contributed by atoms with Gasteiger partial charge in [-0.05, 0) is 54.9 Å². The van der Waals surface area contributed by atoms with Crippen LogP contribution in [0, 0.1) is 0 Å². The minimum Gasteiger partial charge on any atom is -0.345 e. The standard InChI is InChI=1S/C19H23N3/c1-3-4-10-22(2)13-15-6-5-7-16(11-15)17-8-9-18-19(12-17)21-14-20-18/h5-9,11-12,14H,3-4,10,13H2,1-2H3,(H,20,21). The zero-order chi connectivity index (χ0) is 15.4. The van der Waals surface area contributed by atoms with Gasteiger partial charge in [-0.3, -0.25) is 0 Å². The monoisotopic (exact) mass is 293 g/mol. The second kappa shape index (κ2) is 6.75. The molecule has 0 bridgehead atoms. The van der Waals surface area contributed by atoms with Crippen LogP contribution in [-0.4, -0.2) is 28.5 Å². The molecular formula is C19H23N3. The Kier molecular flexibility index (Phi) is 4.54. The van der Waals surface area contributed by atoms with Crippen LogP contribution in [0.15, 0.2) is 48.8 Å². The van der Waals surface area contributed by atoms with Crippen LogP contribution < -0.4 is 0 Å². The number of nitrogens with zero attached hydrogens (tertiary/aromatic N) is 2. The zero-order valence-electron chi connectivity index (χ0n) is 13.3. The number of H-pyrrole nitrogens is 1. The van der Waals surface area contributed by atoms with Crippen molar-refractivity contribution < 1.29 is 0 Å². The molecule has 0 fully saturated rings. The minimum atomic E-state index is 1.00. The fraction of sp³-hybridized carbons (Fsp3) is 0.316. The molecule has 0 saturated carbocycles. The van der Waals surface area contributed by atoms with Gasteiger partial charge in [0.1, 0.15) is 0 Å². The Bertz CT molecular complexity index is 745. The summed E-state index contributed by atoms with van der Waals surface area (Å²) in [5.74, 6) is 0. The SMILES string of the molecule is CCCCN(C)Cc1cccc(-c2ccc3nc[nH]c3c2)c1. The number of unbranched alkanes of at least 4 members (excludes halogenated alkanes) is 1. The van der Waals surface area contributed by atoms with Crippen LogP contribution in [0.5, 0.6) is 0 Å². The molecule has 3 nitrogen and oxygen atoms in total. The van der Waals surface area contributed by atoms with Crippen molar-refractivity contribution >= 4 is 11.0 Å². The van der Waals surface area contributed by atoms with Crippen LogP contribution in [-0.2, 0) is 6.54 Å². The van der Waals surface area contributed by atoms with E-state index in [4.69, 9.17) is 0 Å². The van der Waals surface area contributed by atoms with E-state index in [9.17, 15) is 0 Å². The second-order valence-electron chi connectivity index (χ2n) is 5.93. The van der Waals surface area contributed by atoms with Gasteiger partial charge >= 0.3 is 0 Å². The quantitative estimate of drug-likeness (QED) is 0.727. The van der Waals surface area contributed by atoms with Crippen molar-refractivity contribution in [2.75, 3.05) is 13.6 Å². The lowest BCUT2D eigenvalue weighted by Crippen LogP contribution is -2.18. The van der Waals surface area contributed by atoms with E-state index in [2.05, 4.69) is 71.3 Å². The second-order valence-corrected chi connectivity index (χ2v) is 5.93. The van der Waals surface area contributed by atoms with E-state index >= 15 is 0 Å². The number of aromatic amines is 1. The molecule has 0 unspecified atom stereocenters. The number of imidazole rings is 1. The molecule has 0 atom stereocenters. The van der Waals surface area contributed by atoms with Gasteiger partial charge in [-0.15, -0.1) is 0 Å². The molecular weight excluding hydrogens is 270 g/mol. The van der Waals surface area contributed by atoms with E-state index in [0.717, 1.165) is 24.1 Å². The van der Waals surface area contributed by atoms with Crippen LogP contribution >= 0.6 is 0 Å². The fourth-order valence-electron chi connectivity index (χ4n) is 2.78. The predicted molar refractivity (Wildman–Crippen MR) is 92.8 cm³/mol. The molecule has 2 aromatic carbocycles. The molecule has 0 aliphatic heterocycles. The van der Waals surface area contributed by atoms with Crippen molar-refractivity contribution in [3.63, 3.8) is 0 Å². The molecule has 3 aromatic rings. The van der Waals surface area contributed by atoms with Gasteiger partial charge < -0.3 is 9.88 Å². The first kappa shape index (κ1) is 14.8. The van der Waals surface area contributed by atoms with E-state index < -0.39 is 0 Å². The van der Waals surface area contributed by atoms with Crippen molar-refractivity contribution in [1.29, 1.82) is 0 Å². The Morgan fingerprint density at radius 1 is 1.09 bits per heavy atom. The molecule has 0 spiro atoms. The van der Waals surface area contributed by atoms with Gasteiger partial charge in [0.2, 0.25) is 0 Å². The normalized spacial score (nSPS) is 11.4. The highest BCUT2D eigenvalue weighted by Gasteiger charge is 2.04. The Balaban J connectivity index is 1.80. The first-order valence-electron chi connectivity index (χ1n) is 7.97. The van der Waals surface area contributed by atoms with E-state index in [1.807, 2.05) is 0 Å². The highest BCUT2D eigenvalue weighted by molar-refractivity contribution is 5.81. The molecule has 0 radical (unpaired) electrons. The molecule has 22 heavy (non-hydrogen) atoms. The van der Waals surface area contributed by atoms with Crippen LogP contribution in [0.1, 0.15) is 25.3 Å². The lowest BCUT2D eigenvalue weighted by atomic mass is 10.0. The molecule has 0 saturated heterocycles. The van der Waals surface area contributed by atoms with Crippen molar-refractivity contribution in [2.45, 2.75) is 26.3 Å². The maximum atomic E-state index is 4.28. The Labute approximate surface area is 132 Å². The maximum absolute atomic E-state index is 4.28. The van der Waals surface area contributed by atoms with Crippen molar-refractivity contribution in [1.82, 2.24) is 14.9 Å². The molecule has 114 valence electrons.